The molecule has 2 aliphatic rings. The van der Waals surface area contributed by atoms with Crippen molar-refractivity contribution < 1.29 is 9.53 Å². The first-order valence-corrected chi connectivity index (χ1v) is 12.5. The Hall–Kier alpha value is -1.30. The number of hydrogen-bond donors (Lipinski definition) is 0. The molecule has 1 saturated carbocycles. The summed E-state index contributed by atoms with van der Waals surface area (Å²) in [5.41, 5.74) is 0. The number of amides is 1. The Labute approximate surface area is 189 Å². The number of likely N-dealkylation sites (tertiary alicyclic amines) is 1. The maximum atomic E-state index is 13.0. The van der Waals surface area contributed by atoms with E-state index < -0.39 is 0 Å². The highest BCUT2D eigenvalue weighted by atomic mass is 35.5. The summed E-state index contributed by atoms with van der Waals surface area (Å²) in [7, 11) is 4.15. The molecule has 1 unspecified atom stereocenters. The monoisotopic (exact) mass is 448 g/mol. The predicted octanol–water partition coefficient (Wildman–Crippen LogP) is 5.61. The van der Waals surface area contributed by atoms with E-state index in [1.807, 2.05) is 6.07 Å². The number of benzene rings is 1. The number of thiophene rings is 1. The second-order valence-electron chi connectivity index (χ2n) is 9.02. The van der Waals surface area contributed by atoms with Gasteiger partial charge in [-0.05, 0) is 64.4 Å². The van der Waals surface area contributed by atoms with Crippen molar-refractivity contribution >= 4 is 38.9 Å². The smallest absolute Gasteiger partial charge is 0.226 e. The van der Waals surface area contributed by atoms with Crippen LogP contribution < -0.4 is 4.74 Å². The van der Waals surface area contributed by atoms with E-state index in [4.69, 9.17) is 16.3 Å². The fraction of sp³-hybridized carbons (Fsp3) is 0.625. The zero-order chi connectivity index (χ0) is 21.1. The van der Waals surface area contributed by atoms with Gasteiger partial charge in [0.2, 0.25) is 5.91 Å². The van der Waals surface area contributed by atoms with Gasteiger partial charge in [-0.15, -0.1) is 11.3 Å². The van der Waals surface area contributed by atoms with E-state index >= 15 is 0 Å². The Morgan fingerprint density at radius 3 is 2.77 bits per heavy atom. The highest BCUT2D eigenvalue weighted by Gasteiger charge is 2.36. The van der Waals surface area contributed by atoms with E-state index in [-0.39, 0.29) is 5.92 Å². The Bertz CT molecular complexity index is 875. The Morgan fingerprint density at radius 2 is 2.00 bits per heavy atom. The van der Waals surface area contributed by atoms with Crippen LogP contribution in [0.4, 0.5) is 0 Å². The van der Waals surface area contributed by atoms with Crippen LogP contribution in [0, 0.1) is 5.92 Å². The molecule has 0 spiro atoms. The lowest BCUT2D eigenvalue weighted by Gasteiger charge is -2.31. The molecule has 1 atom stereocenters. The van der Waals surface area contributed by atoms with Gasteiger partial charge < -0.3 is 14.5 Å². The first-order valence-electron chi connectivity index (χ1n) is 11.3. The highest BCUT2D eigenvalue weighted by molar-refractivity contribution is 7.19. The molecule has 2 aromatic rings. The minimum absolute atomic E-state index is 0.0826. The molecular formula is C24H33ClN2O2S. The molecule has 4 nitrogen and oxygen atoms in total. The first-order chi connectivity index (χ1) is 14.5. The minimum atomic E-state index is 0.0826. The molecule has 6 heteroatoms. The van der Waals surface area contributed by atoms with Crippen LogP contribution >= 0.6 is 22.9 Å². The van der Waals surface area contributed by atoms with Crippen molar-refractivity contribution in [3.05, 3.63) is 28.1 Å². The van der Waals surface area contributed by atoms with E-state index in [2.05, 4.69) is 36.0 Å². The van der Waals surface area contributed by atoms with Crippen LogP contribution in [0.2, 0.25) is 5.02 Å². The molecule has 30 heavy (non-hydrogen) atoms. The lowest BCUT2D eigenvalue weighted by atomic mass is 9.94. The molecule has 0 radical (unpaired) electrons. The van der Waals surface area contributed by atoms with Crippen LogP contribution in [0.5, 0.6) is 5.75 Å². The number of fused-ring (bicyclic) bond motifs is 1. The lowest BCUT2D eigenvalue weighted by Crippen LogP contribution is -2.39. The molecular weight excluding hydrogens is 416 g/mol. The number of rotatable bonds is 8. The fourth-order valence-electron chi connectivity index (χ4n) is 4.82. The van der Waals surface area contributed by atoms with Crippen molar-refractivity contribution in [2.75, 3.05) is 33.8 Å². The summed E-state index contributed by atoms with van der Waals surface area (Å²) in [6.45, 7) is 2.65. The molecule has 1 aromatic carbocycles. The van der Waals surface area contributed by atoms with Gasteiger partial charge in [-0.3, -0.25) is 4.79 Å². The van der Waals surface area contributed by atoms with Crippen LogP contribution in [-0.2, 0) is 11.2 Å². The summed E-state index contributed by atoms with van der Waals surface area (Å²) in [5.74, 6) is 1.32. The van der Waals surface area contributed by atoms with Gasteiger partial charge in [0, 0.05) is 40.0 Å². The summed E-state index contributed by atoms with van der Waals surface area (Å²) >= 11 is 8.44. The zero-order valence-corrected chi connectivity index (χ0v) is 19.7. The third-order valence-corrected chi connectivity index (χ3v) is 8.20. The summed E-state index contributed by atoms with van der Waals surface area (Å²) in [6, 6.07) is 6.63. The van der Waals surface area contributed by atoms with Gasteiger partial charge >= 0.3 is 0 Å². The summed E-state index contributed by atoms with van der Waals surface area (Å²) in [4.78, 5) is 18.5. The van der Waals surface area contributed by atoms with Gasteiger partial charge in [0.25, 0.3) is 0 Å². The normalized spacial score (nSPS) is 20.6. The van der Waals surface area contributed by atoms with Crippen LogP contribution in [-0.4, -0.2) is 55.5 Å². The zero-order valence-electron chi connectivity index (χ0n) is 18.2. The van der Waals surface area contributed by atoms with Gasteiger partial charge in [-0.25, -0.2) is 0 Å². The Kier molecular flexibility index (Phi) is 7.22. The van der Waals surface area contributed by atoms with Crippen molar-refractivity contribution in [3.63, 3.8) is 0 Å². The van der Waals surface area contributed by atoms with Gasteiger partial charge in [-0.1, -0.05) is 30.9 Å². The molecule has 2 fully saturated rings. The first kappa shape index (κ1) is 21.9. The second kappa shape index (κ2) is 9.88. The molecule has 0 N–H and O–H groups in total. The Balaban J connectivity index is 1.40. The number of ether oxygens (including phenoxy) is 1. The van der Waals surface area contributed by atoms with E-state index in [0.717, 1.165) is 58.1 Å². The van der Waals surface area contributed by atoms with Gasteiger partial charge in [0.1, 0.15) is 5.75 Å². The summed E-state index contributed by atoms with van der Waals surface area (Å²) < 4.78 is 7.07. The van der Waals surface area contributed by atoms with Crippen molar-refractivity contribution in [1.29, 1.82) is 0 Å². The number of hydrogen-bond acceptors (Lipinski definition) is 4. The standard InChI is InChI=1S/C24H33ClN2O2S/c1-26(2)12-6-14-29-19-9-10-20-21(16-19)30-22(23(20)25)15-17-11-13-27(24(17)28)18-7-4-3-5-8-18/h9-10,16-18H,3-8,11-15H2,1-2H3. The number of halogens is 1. The van der Waals surface area contributed by atoms with E-state index in [9.17, 15) is 4.79 Å². The van der Waals surface area contributed by atoms with E-state index in [1.54, 1.807) is 11.3 Å². The van der Waals surface area contributed by atoms with Crippen molar-refractivity contribution in [2.45, 2.75) is 57.4 Å². The number of nitrogens with zero attached hydrogens (tertiary/aromatic N) is 2. The maximum absolute atomic E-state index is 13.0. The highest BCUT2D eigenvalue weighted by Crippen LogP contribution is 2.40. The second-order valence-corrected chi connectivity index (χ2v) is 10.5. The molecule has 164 valence electrons. The van der Waals surface area contributed by atoms with Crippen molar-refractivity contribution in [1.82, 2.24) is 9.80 Å². The number of carbonyl (C=O) groups is 1. The molecule has 2 heterocycles. The van der Waals surface area contributed by atoms with Gasteiger partial charge in [0.05, 0.1) is 11.6 Å². The molecule has 0 bridgehead atoms. The topological polar surface area (TPSA) is 32.8 Å². The largest absolute Gasteiger partial charge is 0.493 e. The lowest BCUT2D eigenvalue weighted by molar-refractivity contribution is -0.133. The van der Waals surface area contributed by atoms with Crippen LogP contribution in [0.1, 0.15) is 49.8 Å². The maximum Gasteiger partial charge on any atom is 0.226 e. The third kappa shape index (κ3) is 4.95. The van der Waals surface area contributed by atoms with Crippen LogP contribution in [0.15, 0.2) is 18.2 Å². The molecule has 1 saturated heterocycles. The SMILES string of the molecule is CN(C)CCCOc1ccc2c(Cl)c(CC3CCN(C4CCCCC4)C3=O)sc2c1. The van der Waals surface area contributed by atoms with E-state index in [1.165, 1.54) is 32.1 Å². The van der Waals surface area contributed by atoms with Crippen molar-refractivity contribution in [2.24, 2.45) is 5.92 Å². The van der Waals surface area contributed by atoms with Crippen molar-refractivity contribution in [3.8, 4) is 5.75 Å². The minimum Gasteiger partial charge on any atom is -0.493 e. The third-order valence-electron chi connectivity index (χ3n) is 6.48. The average molecular weight is 449 g/mol. The average Bonchev–Trinajstić information content (AvgIpc) is 3.26. The summed E-state index contributed by atoms with van der Waals surface area (Å²) in [5, 5.41) is 1.89. The quantitative estimate of drug-likeness (QED) is 0.492. The molecule has 1 amide bonds. The molecule has 1 aliphatic carbocycles. The molecule has 1 aliphatic heterocycles. The number of carbonyl (C=O) groups excluding carboxylic acids is 1. The molecule has 4 rings (SSSR count). The summed E-state index contributed by atoms with van der Waals surface area (Å²) in [6.07, 6.45) is 8.93. The van der Waals surface area contributed by atoms with Gasteiger partial charge in [-0.2, -0.15) is 0 Å². The Morgan fingerprint density at radius 1 is 1.20 bits per heavy atom. The van der Waals surface area contributed by atoms with Crippen LogP contribution in [0.3, 0.4) is 0 Å². The fourth-order valence-corrected chi connectivity index (χ4v) is 6.44. The van der Waals surface area contributed by atoms with Gasteiger partial charge in [0.15, 0.2) is 0 Å². The predicted molar refractivity (Wildman–Crippen MR) is 126 cm³/mol. The van der Waals surface area contributed by atoms with E-state index in [0.29, 0.717) is 18.6 Å². The van der Waals surface area contributed by atoms with Crippen LogP contribution in [0.25, 0.3) is 10.1 Å². The molecule has 1 aromatic heterocycles.